The van der Waals surface area contributed by atoms with Crippen LogP contribution in [0.2, 0.25) is 0 Å². The molecule has 0 bridgehead atoms. The molecule has 4 aromatic rings. The van der Waals surface area contributed by atoms with E-state index < -0.39 is 0 Å². The van der Waals surface area contributed by atoms with Crippen LogP contribution in [0.25, 0.3) is 22.1 Å². The van der Waals surface area contributed by atoms with Crippen LogP contribution in [0.4, 0.5) is 5.82 Å². The van der Waals surface area contributed by atoms with E-state index in [0.29, 0.717) is 5.16 Å². The molecule has 1 saturated heterocycles. The number of aryl methyl sites for hydroxylation is 1. The Labute approximate surface area is 174 Å². The van der Waals surface area contributed by atoms with E-state index in [1.807, 2.05) is 18.3 Å². The zero-order valence-corrected chi connectivity index (χ0v) is 17.7. The fourth-order valence-electron chi connectivity index (χ4n) is 3.56. The molecule has 0 spiro atoms. The van der Waals surface area contributed by atoms with Gasteiger partial charge in [-0.3, -0.25) is 4.98 Å². The number of hydrogen-bond donors (Lipinski definition) is 2. The summed E-state index contributed by atoms with van der Waals surface area (Å²) >= 11 is 5.22. The minimum atomic E-state index is 0.176. The molecule has 7 nitrogen and oxygen atoms in total. The maximum atomic E-state index is 6.15. The second-order valence-corrected chi connectivity index (χ2v) is 8.73. The first-order valence-electron chi connectivity index (χ1n) is 9.22. The molecule has 28 heavy (non-hydrogen) atoms. The number of nitrogens with two attached hydrogens (primary N) is 1. The maximum Gasteiger partial charge on any atom is 0.196 e. The summed E-state index contributed by atoms with van der Waals surface area (Å²) in [7, 11) is 0. The molecular formula is C19H19BrN6OS. The topological polar surface area (TPSA) is 96.9 Å². The fourth-order valence-corrected chi connectivity index (χ4v) is 5.05. The van der Waals surface area contributed by atoms with E-state index in [-0.39, 0.29) is 6.04 Å². The molecule has 0 amide bonds. The Morgan fingerprint density at radius 2 is 2.32 bits per heavy atom. The predicted octanol–water partition coefficient (Wildman–Crippen LogP) is 4.11. The van der Waals surface area contributed by atoms with Crippen molar-refractivity contribution in [1.29, 1.82) is 0 Å². The van der Waals surface area contributed by atoms with Gasteiger partial charge in [0.15, 0.2) is 10.7 Å². The Morgan fingerprint density at radius 1 is 1.43 bits per heavy atom. The van der Waals surface area contributed by atoms with Crippen molar-refractivity contribution in [3.8, 4) is 0 Å². The summed E-state index contributed by atoms with van der Waals surface area (Å²) < 4.78 is 6.50. The molecule has 144 valence electrons. The normalized spacial score (nSPS) is 17.2. The molecule has 0 saturated carbocycles. The van der Waals surface area contributed by atoms with Crippen LogP contribution in [-0.4, -0.2) is 39.1 Å². The van der Waals surface area contributed by atoms with Gasteiger partial charge in [-0.25, -0.2) is 9.97 Å². The van der Waals surface area contributed by atoms with E-state index in [2.05, 4.69) is 37.7 Å². The lowest BCUT2D eigenvalue weighted by molar-refractivity contribution is 0.614. The molecule has 1 fully saturated rings. The summed E-state index contributed by atoms with van der Waals surface area (Å²) in [5.41, 5.74) is 9.71. The average molecular weight is 459 g/mol. The highest BCUT2D eigenvalue weighted by Gasteiger charge is 2.26. The van der Waals surface area contributed by atoms with E-state index in [1.165, 1.54) is 11.8 Å². The summed E-state index contributed by atoms with van der Waals surface area (Å²) in [5, 5.41) is 1.70. The molecule has 1 aliphatic heterocycles. The van der Waals surface area contributed by atoms with Gasteiger partial charge in [-0.2, -0.15) is 0 Å². The summed E-state index contributed by atoms with van der Waals surface area (Å²) in [4.78, 5) is 20.7. The van der Waals surface area contributed by atoms with E-state index in [9.17, 15) is 0 Å². The van der Waals surface area contributed by atoms with Gasteiger partial charge < -0.3 is 20.0 Å². The van der Waals surface area contributed by atoms with Crippen LogP contribution in [0.1, 0.15) is 19.0 Å². The minimum absolute atomic E-state index is 0.176. The highest BCUT2D eigenvalue weighted by molar-refractivity contribution is 9.10. The van der Waals surface area contributed by atoms with Crippen molar-refractivity contribution in [3.63, 3.8) is 0 Å². The quantitative estimate of drug-likeness (QED) is 0.444. The number of anilines is 1. The largest absolute Gasteiger partial charge is 0.463 e. The molecule has 0 aromatic carbocycles. The number of fused-ring (bicyclic) bond motifs is 2. The van der Waals surface area contributed by atoms with Crippen molar-refractivity contribution in [2.45, 2.75) is 35.9 Å². The number of H-pyrrole nitrogens is 1. The van der Waals surface area contributed by atoms with Crippen molar-refractivity contribution in [1.82, 2.24) is 19.9 Å². The Morgan fingerprint density at radius 3 is 3.11 bits per heavy atom. The maximum absolute atomic E-state index is 6.15. The Kier molecular flexibility index (Phi) is 4.53. The molecule has 1 unspecified atom stereocenters. The molecule has 4 aromatic heterocycles. The number of rotatable bonds is 4. The number of halogens is 1. The van der Waals surface area contributed by atoms with Crippen molar-refractivity contribution in [3.05, 3.63) is 34.8 Å². The monoisotopic (exact) mass is 458 g/mol. The third-order valence-electron chi connectivity index (χ3n) is 4.99. The zero-order chi connectivity index (χ0) is 19.3. The Hall–Kier alpha value is -2.10. The summed E-state index contributed by atoms with van der Waals surface area (Å²) in [6.07, 6.45) is 5.32. The van der Waals surface area contributed by atoms with Gasteiger partial charge in [0.25, 0.3) is 0 Å². The van der Waals surface area contributed by atoms with Gasteiger partial charge >= 0.3 is 0 Å². The summed E-state index contributed by atoms with van der Waals surface area (Å²) in [5.74, 6) is 0.926. The van der Waals surface area contributed by atoms with Gasteiger partial charge in [0.1, 0.15) is 17.0 Å². The van der Waals surface area contributed by atoms with Crippen LogP contribution >= 0.6 is 27.7 Å². The van der Waals surface area contributed by atoms with E-state index in [4.69, 9.17) is 20.1 Å². The van der Waals surface area contributed by atoms with E-state index >= 15 is 0 Å². The summed E-state index contributed by atoms with van der Waals surface area (Å²) in [6, 6.07) is 3.99. The predicted molar refractivity (Wildman–Crippen MR) is 114 cm³/mol. The lowest BCUT2D eigenvalue weighted by atomic mass is 10.3. The number of furan rings is 1. The number of pyridine rings is 1. The van der Waals surface area contributed by atoms with Gasteiger partial charge in [0.2, 0.25) is 0 Å². The first-order chi connectivity index (χ1) is 13.6. The third kappa shape index (κ3) is 3.07. The van der Waals surface area contributed by atoms with Crippen molar-refractivity contribution >= 4 is 55.6 Å². The molecule has 3 N–H and O–H groups in total. The second kappa shape index (κ2) is 7.06. The van der Waals surface area contributed by atoms with Crippen molar-refractivity contribution in [2.75, 3.05) is 18.0 Å². The number of hydrogen-bond acceptors (Lipinski definition) is 7. The molecular weight excluding hydrogens is 440 g/mol. The fraction of sp³-hybridized carbons (Fsp3) is 0.316. The van der Waals surface area contributed by atoms with Crippen molar-refractivity contribution in [2.24, 2.45) is 5.73 Å². The standard InChI is InChI=1S/C19H19BrN6OS/c1-2-12-16(20)15-17(23-12)24-19(25-18(15)26-5-3-10(21)9-26)28-11-7-14-13(22-8-11)4-6-27-14/h4,6-8,10H,2-3,5,9,21H2,1H3,(H,23,24,25). The van der Waals surface area contributed by atoms with Gasteiger partial charge in [-0.15, -0.1) is 0 Å². The molecule has 5 rings (SSSR count). The molecule has 1 aliphatic rings. The van der Waals surface area contributed by atoms with Crippen LogP contribution in [-0.2, 0) is 6.42 Å². The van der Waals surface area contributed by atoms with Crippen LogP contribution in [0, 0.1) is 0 Å². The van der Waals surface area contributed by atoms with Gasteiger partial charge in [-0.05, 0) is 46.6 Å². The Bertz CT molecular complexity index is 1170. The first-order valence-corrected chi connectivity index (χ1v) is 10.8. The zero-order valence-electron chi connectivity index (χ0n) is 15.3. The first kappa shape index (κ1) is 18.0. The highest BCUT2D eigenvalue weighted by Crippen LogP contribution is 2.37. The lowest BCUT2D eigenvalue weighted by Crippen LogP contribution is -2.27. The second-order valence-electron chi connectivity index (χ2n) is 6.90. The van der Waals surface area contributed by atoms with Crippen LogP contribution in [0.15, 0.2) is 43.5 Å². The summed E-state index contributed by atoms with van der Waals surface area (Å²) in [6.45, 7) is 3.82. The molecule has 1 atom stereocenters. The lowest BCUT2D eigenvalue weighted by Gasteiger charge is -2.18. The minimum Gasteiger partial charge on any atom is -0.463 e. The molecule has 0 aliphatic carbocycles. The third-order valence-corrected chi connectivity index (χ3v) is 6.69. The smallest absolute Gasteiger partial charge is 0.196 e. The molecule has 0 radical (unpaired) electrons. The van der Waals surface area contributed by atoms with E-state index in [1.54, 1.807) is 6.26 Å². The number of nitrogens with one attached hydrogen (secondary N) is 1. The molecule has 5 heterocycles. The number of aromatic amines is 1. The number of aromatic nitrogens is 4. The van der Waals surface area contributed by atoms with E-state index in [0.717, 1.165) is 68.9 Å². The van der Waals surface area contributed by atoms with Gasteiger partial charge in [-0.1, -0.05) is 6.92 Å². The van der Waals surface area contributed by atoms with Crippen LogP contribution in [0.3, 0.4) is 0 Å². The molecule has 9 heteroatoms. The van der Waals surface area contributed by atoms with Crippen LogP contribution < -0.4 is 10.6 Å². The average Bonchev–Trinajstić information content (AvgIpc) is 3.40. The van der Waals surface area contributed by atoms with Crippen molar-refractivity contribution < 1.29 is 4.42 Å². The SMILES string of the molecule is CCc1[nH]c2nc(Sc3cnc4ccoc4c3)nc(N3CCC(N)C3)c2c1Br. The van der Waals surface area contributed by atoms with Gasteiger partial charge in [0.05, 0.1) is 16.1 Å². The Balaban J connectivity index is 1.60. The van der Waals surface area contributed by atoms with Crippen LogP contribution in [0.5, 0.6) is 0 Å². The number of nitrogens with zero attached hydrogens (tertiary/aromatic N) is 4. The highest BCUT2D eigenvalue weighted by atomic mass is 79.9. The van der Waals surface area contributed by atoms with Gasteiger partial charge in [0, 0.05) is 42.0 Å².